The Morgan fingerprint density at radius 3 is 1.97 bits per heavy atom. The molecule has 1 fully saturated rings. The molecule has 0 unspecified atom stereocenters. The van der Waals surface area contributed by atoms with E-state index < -0.39 is 54.6 Å². The molecule has 12 nitrogen and oxygen atoms in total. The second-order valence-electron chi connectivity index (χ2n) is 6.79. The monoisotopic (exact) mass is 459 g/mol. The molecule has 180 valence electrons. The molecule has 1 saturated heterocycles. The van der Waals surface area contributed by atoms with Crippen molar-refractivity contribution in [2.45, 2.75) is 64.8 Å². The largest absolute Gasteiger partial charge is 0.463 e. The van der Waals surface area contributed by atoms with Crippen molar-refractivity contribution >= 4 is 29.8 Å². The number of nitrogens with one attached hydrogen (secondary N) is 1. The van der Waals surface area contributed by atoms with Crippen LogP contribution in [0.4, 0.5) is 0 Å². The third-order valence-electron chi connectivity index (χ3n) is 4.04. The van der Waals surface area contributed by atoms with Crippen molar-refractivity contribution in [3.8, 4) is 0 Å². The van der Waals surface area contributed by atoms with Crippen LogP contribution in [-0.4, -0.2) is 80.2 Å². The zero-order chi connectivity index (χ0) is 24.3. The quantitative estimate of drug-likeness (QED) is 0.189. The highest BCUT2D eigenvalue weighted by atomic mass is 16.7. The fourth-order valence-electron chi connectivity index (χ4n) is 2.88. The van der Waals surface area contributed by atoms with E-state index in [9.17, 15) is 24.0 Å². The third kappa shape index (κ3) is 9.43. The highest BCUT2D eigenvalue weighted by Crippen LogP contribution is 2.30. The number of amides is 1. The lowest BCUT2D eigenvalue weighted by Crippen LogP contribution is -2.63. The van der Waals surface area contributed by atoms with E-state index in [2.05, 4.69) is 11.9 Å². The number of rotatable bonds is 11. The van der Waals surface area contributed by atoms with Gasteiger partial charge in [-0.25, -0.2) is 0 Å². The van der Waals surface area contributed by atoms with Crippen LogP contribution in [0.2, 0.25) is 0 Å². The van der Waals surface area contributed by atoms with Crippen LogP contribution < -0.4 is 5.32 Å². The van der Waals surface area contributed by atoms with Crippen molar-refractivity contribution in [1.82, 2.24) is 5.32 Å². The second kappa shape index (κ2) is 13.4. The van der Waals surface area contributed by atoms with E-state index in [0.717, 1.165) is 26.8 Å². The summed E-state index contributed by atoms with van der Waals surface area (Å²) in [6.45, 7) is 7.92. The summed E-state index contributed by atoms with van der Waals surface area (Å²) in [5, 5.41) is 2.57. The second-order valence-corrected chi connectivity index (χ2v) is 6.79. The molecular formula is C20H29NO11. The van der Waals surface area contributed by atoms with Crippen molar-refractivity contribution in [3.63, 3.8) is 0 Å². The Morgan fingerprint density at radius 1 is 0.875 bits per heavy atom. The first kappa shape index (κ1) is 27.0. The summed E-state index contributed by atoms with van der Waals surface area (Å²) < 4.78 is 32.2. The van der Waals surface area contributed by atoms with E-state index in [0.29, 0.717) is 6.42 Å². The summed E-state index contributed by atoms with van der Waals surface area (Å²) in [4.78, 5) is 57.6. The van der Waals surface area contributed by atoms with Gasteiger partial charge in [-0.15, -0.1) is 0 Å². The molecule has 1 heterocycles. The molecule has 0 aromatic heterocycles. The van der Waals surface area contributed by atoms with Crippen LogP contribution in [0.3, 0.4) is 0 Å². The zero-order valence-electron chi connectivity index (χ0n) is 18.5. The Bertz CT molecular complexity index is 708. The van der Waals surface area contributed by atoms with Gasteiger partial charge in [-0.05, 0) is 12.5 Å². The fraction of sp³-hybridized carbons (Fsp3) is 0.650. The summed E-state index contributed by atoms with van der Waals surface area (Å²) in [5.74, 6) is -3.14. The standard InChI is InChI=1S/C20H29NO11/c1-6-16(26)21-8-7-9-27-20-19(31-14(5)25)18(30-13(4)24)17(29-12(3)23)15(32-20)10-28-11(2)22/h6,15,17-20H,1,7-10H2,2-5H3,(H,21,26)/t15-,17+,18+,19-,20-/m1/s1. The van der Waals surface area contributed by atoms with Gasteiger partial charge >= 0.3 is 23.9 Å². The molecule has 0 aliphatic carbocycles. The summed E-state index contributed by atoms with van der Waals surface area (Å²) in [7, 11) is 0. The van der Waals surface area contributed by atoms with Crippen molar-refractivity contribution < 1.29 is 52.4 Å². The molecule has 32 heavy (non-hydrogen) atoms. The van der Waals surface area contributed by atoms with Gasteiger partial charge in [0.2, 0.25) is 5.91 Å². The van der Waals surface area contributed by atoms with Crippen LogP contribution in [0.1, 0.15) is 34.1 Å². The van der Waals surface area contributed by atoms with E-state index in [-0.39, 0.29) is 25.7 Å². The van der Waals surface area contributed by atoms with Gasteiger partial charge < -0.3 is 33.7 Å². The van der Waals surface area contributed by atoms with Crippen LogP contribution >= 0.6 is 0 Å². The Balaban J connectivity index is 3.08. The van der Waals surface area contributed by atoms with Crippen LogP contribution in [0.15, 0.2) is 12.7 Å². The molecule has 0 aromatic carbocycles. The summed E-state index contributed by atoms with van der Waals surface area (Å²) >= 11 is 0. The first-order valence-corrected chi connectivity index (χ1v) is 9.87. The highest BCUT2D eigenvalue weighted by molar-refractivity contribution is 5.86. The van der Waals surface area contributed by atoms with Crippen molar-refractivity contribution in [3.05, 3.63) is 12.7 Å². The fourth-order valence-corrected chi connectivity index (χ4v) is 2.88. The molecule has 0 radical (unpaired) electrons. The molecule has 1 rings (SSSR count). The molecule has 1 aliphatic rings. The molecular weight excluding hydrogens is 430 g/mol. The predicted molar refractivity (Wildman–Crippen MR) is 106 cm³/mol. The van der Waals surface area contributed by atoms with Gasteiger partial charge in [0, 0.05) is 34.2 Å². The van der Waals surface area contributed by atoms with E-state index >= 15 is 0 Å². The van der Waals surface area contributed by atoms with Gasteiger partial charge in [-0.2, -0.15) is 0 Å². The van der Waals surface area contributed by atoms with Crippen LogP contribution in [0.5, 0.6) is 0 Å². The number of hydrogen-bond donors (Lipinski definition) is 1. The lowest BCUT2D eigenvalue weighted by molar-refractivity contribution is -0.308. The molecule has 1 aliphatic heterocycles. The molecule has 0 aromatic rings. The van der Waals surface area contributed by atoms with Gasteiger partial charge in [0.05, 0.1) is 6.61 Å². The highest BCUT2D eigenvalue weighted by Gasteiger charge is 2.52. The van der Waals surface area contributed by atoms with Crippen molar-refractivity contribution in [1.29, 1.82) is 0 Å². The maximum Gasteiger partial charge on any atom is 0.303 e. The topological polar surface area (TPSA) is 153 Å². The van der Waals surface area contributed by atoms with E-state index in [1.165, 1.54) is 6.92 Å². The minimum atomic E-state index is -1.29. The third-order valence-corrected chi connectivity index (χ3v) is 4.04. The van der Waals surface area contributed by atoms with Gasteiger partial charge in [0.15, 0.2) is 24.6 Å². The Labute approximate surface area is 185 Å². The maximum absolute atomic E-state index is 11.7. The Hall–Kier alpha value is -2.99. The molecule has 0 spiro atoms. The van der Waals surface area contributed by atoms with E-state index in [1.807, 2.05) is 0 Å². The minimum absolute atomic E-state index is 0.0607. The van der Waals surface area contributed by atoms with Crippen molar-refractivity contribution in [2.75, 3.05) is 19.8 Å². The van der Waals surface area contributed by atoms with Gasteiger partial charge in [0.1, 0.15) is 12.7 Å². The average molecular weight is 459 g/mol. The number of carbonyl (C=O) groups excluding carboxylic acids is 5. The first-order valence-electron chi connectivity index (χ1n) is 9.87. The lowest BCUT2D eigenvalue weighted by Gasteiger charge is -2.44. The van der Waals surface area contributed by atoms with Gasteiger partial charge in [-0.1, -0.05) is 6.58 Å². The molecule has 5 atom stereocenters. The molecule has 1 N–H and O–H groups in total. The number of esters is 4. The smallest absolute Gasteiger partial charge is 0.303 e. The predicted octanol–water partition coefficient (Wildman–Crippen LogP) is -0.222. The summed E-state index contributed by atoms with van der Waals surface area (Å²) in [6, 6.07) is 0. The Kier molecular flexibility index (Phi) is 11.3. The normalized spacial score (nSPS) is 24.6. The van der Waals surface area contributed by atoms with Crippen molar-refractivity contribution in [2.24, 2.45) is 0 Å². The summed E-state index contributed by atoms with van der Waals surface area (Å²) in [5.41, 5.74) is 0. The van der Waals surface area contributed by atoms with Crippen LogP contribution in [0, 0.1) is 0 Å². The maximum atomic E-state index is 11.7. The van der Waals surface area contributed by atoms with E-state index in [4.69, 9.17) is 28.4 Å². The SMILES string of the molecule is C=CC(=O)NCCCO[C@@H]1O[C@H](COC(C)=O)[C@H](OC(C)=O)[C@H](OC(C)=O)[C@H]1OC(C)=O. The lowest BCUT2D eigenvalue weighted by atomic mass is 9.98. The zero-order valence-corrected chi connectivity index (χ0v) is 18.5. The molecule has 1 amide bonds. The number of carbonyl (C=O) groups is 5. The molecule has 12 heteroatoms. The average Bonchev–Trinajstić information content (AvgIpc) is 2.69. The van der Waals surface area contributed by atoms with Gasteiger partial charge in [-0.3, -0.25) is 24.0 Å². The van der Waals surface area contributed by atoms with Crippen LogP contribution in [-0.2, 0) is 52.4 Å². The minimum Gasteiger partial charge on any atom is -0.463 e. The Morgan fingerprint density at radius 2 is 1.44 bits per heavy atom. The number of ether oxygens (including phenoxy) is 6. The molecule has 0 bridgehead atoms. The van der Waals surface area contributed by atoms with E-state index in [1.54, 1.807) is 0 Å². The molecule has 0 saturated carbocycles. The van der Waals surface area contributed by atoms with Crippen LogP contribution in [0.25, 0.3) is 0 Å². The number of hydrogen-bond acceptors (Lipinski definition) is 11. The van der Waals surface area contributed by atoms with Gasteiger partial charge in [0.25, 0.3) is 0 Å². The summed E-state index contributed by atoms with van der Waals surface area (Å²) in [6.07, 6.45) is -4.65. The first-order chi connectivity index (χ1) is 15.0.